The first-order valence-corrected chi connectivity index (χ1v) is 7.55. The van der Waals surface area contributed by atoms with Gasteiger partial charge in [-0.3, -0.25) is 9.48 Å². The highest BCUT2D eigenvalue weighted by Gasteiger charge is 2.22. The molecule has 0 spiro atoms. The number of aromatic nitrogens is 2. The van der Waals surface area contributed by atoms with E-state index in [-0.39, 0.29) is 5.91 Å². The first-order chi connectivity index (χ1) is 10.6. The van der Waals surface area contributed by atoms with E-state index in [1.807, 2.05) is 13.1 Å². The molecule has 1 aromatic carbocycles. The Morgan fingerprint density at radius 3 is 2.64 bits per heavy atom. The van der Waals surface area contributed by atoms with E-state index < -0.39 is 0 Å². The smallest absolute Gasteiger partial charge is 0.274 e. The number of carbonyl (C=O) groups excluding carboxylic acids is 1. The van der Waals surface area contributed by atoms with Crippen LogP contribution >= 0.6 is 0 Å². The number of aryl methyl sites for hydroxylation is 3. The van der Waals surface area contributed by atoms with Crippen LogP contribution < -0.4 is 0 Å². The van der Waals surface area contributed by atoms with Gasteiger partial charge in [-0.1, -0.05) is 17.7 Å². The minimum absolute atomic E-state index is 0.0181. The minimum atomic E-state index is -0.0181. The summed E-state index contributed by atoms with van der Waals surface area (Å²) in [6.07, 6.45) is 0. The molecule has 2 heterocycles. The fraction of sp³-hybridized carbons (Fsp3) is 0.412. The SMILES string of the molecule is Cc1ccc(C)c(-c2cc(C(=O)N3CCOCC3)nn2C)c1. The van der Waals surface area contributed by atoms with Crippen LogP contribution in [-0.4, -0.2) is 46.9 Å². The lowest BCUT2D eigenvalue weighted by atomic mass is 10.0. The number of rotatable bonds is 2. The Labute approximate surface area is 130 Å². The summed E-state index contributed by atoms with van der Waals surface area (Å²) < 4.78 is 7.08. The molecule has 5 nitrogen and oxygen atoms in total. The molecule has 1 fully saturated rings. The molecular weight excluding hydrogens is 278 g/mol. The van der Waals surface area contributed by atoms with Crippen molar-refractivity contribution in [1.82, 2.24) is 14.7 Å². The number of hydrogen-bond donors (Lipinski definition) is 0. The second-order valence-electron chi connectivity index (χ2n) is 5.76. The third-order valence-corrected chi connectivity index (χ3v) is 4.07. The lowest BCUT2D eigenvalue weighted by molar-refractivity contribution is 0.0298. The Kier molecular flexibility index (Phi) is 3.98. The van der Waals surface area contributed by atoms with E-state index in [1.54, 1.807) is 9.58 Å². The normalized spacial score (nSPS) is 15.1. The van der Waals surface area contributed by atoms with Crippen LogP contribution in [0.2, 0.25) is 0 Å². The van der Waals surface area contributed by atoms with Gasteiger partial charge in [-0.2, -0.15) is 5.10 Å². The molecule has 1 aliphatic rings. The van der Waals surface area contributed by atoms with Crippen molar-refractivity contribution in [1.29, 1.82) is 0 Å². The topological polar surface area (TPSA) is 47.4 Å². The van der Waals surface area contributed by atoms with E-state index in [4.69, 9.17) is 4.74 Å². The molecule has 5 heteroatoms. The van der Waals surface area contributed by atoms with E-state index in [0.29, 0.717) is 32.0 Å². The zero-order valence-electron chi connectivity index (χ0n) is 13.3. The number of benzene rings is 1. The Morgan fingerprint density at radius 1 is 1.18 bits per heavy atom. The third kappa shape index (κ3) is 2.76. The first-order valence-electron chi connectivity index (χ1n) is 7.55. The number of morpholine rings is 1. The number of hydrogen-bond acceptors (Lipinski definition) is 3. The van der Waals surface area contributed by atoms with Gasteiger partial charge in [0.05, 0.1) is 18.9 Å². The molecule has 0 unspecified atom stereocenters. The highest BCUT2D eigenvalue weighted by atomic mass is 16.5. The predicted molar refractivity (Wildman–Crippen MR) is 84.8 cm³/mol. The maximum absolute atomic E-state index is 12.5. The van der Waals surface area contributed by atoms with Gasteiger partial charge in [0.25, 0.3) is 5.91 Å². The molecule has 1 amide bonds. The van der Waals surface area contributed by atoms with Gasteiger partial charge in [0, 0.05) is 25.7 Å². The molecule has 3 rings (SSSR count). The van der Waals surface area contributed by atoms with Gasteiger partial charge in [-0.05, 0) is 31.5 Å². The number of ether oxygens (including phenoxy) is 1. The van der Waals surface area contributed by atoms with Crippen molar-refractivity contribution >= 4 is 5.91 Å². The van der Waals surface area contributed by atoms with Crippen molar-refractivity contribution in [3.05, 3.63) is 41.1 Å². The fourth-order valence-corrected chi connectivity index (χ4v) is 2.76. The van der Waals surface area contributed by atoms with Gasteiger partial charge in [0.15, 0.2) is 5.69 Å². The van der Waals surface area contributed by atoms with E-state index in [2.05, 4.69) is 37.1 Å². The van der Waals surface area contributed by atoms with Crippen molar-refractivity contribution in [2.75, 3.05) is 26.3 Å². The van der Waals surface area contributed by atoms with Crippen LogP contribution in [0.25, 0.3) is 11.3 Å². The molecule has 2 aromatic rings. The van der Waals surface area contributed by atoms with Gasteiger partial charge < -0.3 is 9.64 Å². The number of amides is 1. The summed E-state index contributed by atoms with van der Waals surface area (Å²) in [6.45, 7) is 6.61. The molecule has 0 saturated carbocycles. The molecule has 0 N–H and O–H groups in total. The molecule has 22 heavy (non-hydrogen) atoms. The monoisotopic (exact) mass is 299 g/mol. The molecule has 1 aliphatic heterocycles. The number of carbonyl (C=O) groups is 1. The second-order valence-corrected chi connectivity index (χ2v) is 5.76. The Hall–Kier alpha value is -2.14. The van der Waals surface area contributed by atoms with E-state index in [9.17, 15) is 4.79 Å². The summed E-state index contributed by atoms with van der Waals surface area (Å²) in [7, 11) is 1.88. The number of nitrogens with zero attached hydrogens (tertiary/aromatic N) is 3. The molecule has 0 bridgehead atoms. The largest absolute Gasteiger partial charge is 0.378 e. The summed E-state index contributed by atoms with van der Waals surface area (Å²) >= 11 is 0. The Bertz CT molecular complexity index is 700. The summed E-state index contributed by atoms with van der Waals surface area (Å²) in [5, 5.41) is 4.42. The average molecular weight is 299 g/mol. The van der Waals surface area contributed by atoms with E-state index in [1.165, 1.54) is 11.1 Å². The Balaban J connectivity index is 1.93. The highest BCUT2D eigenvalue weighted by Crippen LogP contribution is 2.25. The predicted octanol–water partition coefficient (Wildman–Crippen LogP) is 2.18. The van der Waals surface area contributed by atoms with Crippen molar-refractivity contribution in [2.24, 2.45) is 7.05 Å². The molecular formula is C17H21N3O2. The van der Waals surface area contributed by atoms with Crippen molar-refractivity contribution < 1.29 is 9.53 Å². The van der Waals surface area contributed by atoms with Gasteiger partial charge in [0.1, 0.15) is 0 Å². The van der Waals surface area contributed by atoms with E-state index in [0.717, 1.165) is 11.3 Å². The zero-order valence-corrected chi connectivity index (χ0v) is 13.3. The van der Waals surface area contributed by atoms with E-state index >= 15 is 0 Å². The molecule has 1 saturated heterocycles. The van der Waals surface area contributed by atoms with Crippen molar-refractivity contribution in [2.45, 2.75) is 13.8 Å². The molecule has 0 radical (unpaired) electrons. The summed E-state index contributed by atoms with van der Waals surface area (Å²) in [4.78, 5) is 14.3. The molecule has 0 aliphatic carbocycles. The fourth-order valence-electron chi connectivity index (χ4n) is 2.76. The quantitative estimate of drug-likeness (QED) is 0.854. The lowest BCUT2D eigenvalue weighted by Gasteiger charge is -2.25. The summed E-state index contributed by atoms with van der Waals surface area (Å²) in [6, 6.07) is 8.21. The van der Waals surface area contributed by atoms with Crippen LogP contribution in [0.5, 0.6) is 0 Å². The average Bonchev–Trinajstić information content (AvgIpc) is 2.91. The van der Waals surface area contributed by atoms with Crippen molar-refractivity contribution in [3.8, 4) is 11.3 Å². The lowest BCUT2D eigenvalue weighted by Crippen LogP contribution is -2.40. The molecule has 116 valence electrons. The maximum Gasteiger partial charge on any atom is 0.274 e. The maximum atomic E-state index is 12.5. The Morgan fingerprint density at radius 2 is 1.91 bits per heavy atom. The first kappa shape index (κ1) is 14.8. The summed E-state index contributed by atoms with van der Waals surface area (Å²) in [5.74, 6) is -0.0181. The van der Waals surface area contributed by atoms with Gasteiger partial charge in [-0.25, -0.2) is 0 Å². The minimum Gasteiger partial charge on any atom is -0.378 e. The van der Waals surface area contributed by atoms with Crippen molar-refractivity contribution in [3.63, 3.8) is 0 Å². The van der Waals surface area contributed by atoms with Gasteiger partial charge in [0.2, 0.25) is 0 Å². The van der Waals surface area contributed by atoms with Crippen LogP contribution in [-0.2, 0) is 11.8 Å². The third-order valence-electron chi connectivity index (χ3n) is 4.07. The molecule has 0 atom stereocenters. The van der Waals surface area contributed by atoms with Gasteiger partial charge in [-0.15, -0.1) is 0 Å². The van der Waals surface area contributed by atoms with Crippen LogP contribution in [0.3, 0.4) is 0 Å². The zero-order chi connectivity index (χ0) is 15.7. The van der Waals surface area contributed by atoms with Crippen LogP contribution in [0.4, 0.5) is 0 Å². The second kappa shape index (κ2) is 5.93. The van der Waals surface area contributed by atoms with Crippen LogP contribution in [0.1, 0.15) is 21.6 Å². The van der Waals surface area contributed by atoms with Gasteiger partial charge >= 0.3 is 0 Å². The molecule has 1 aromatic heterocycles. The van der Waals surface area contributed by atoms with Crippen LogP contribution in [0, 0.1) is 13.8 Å². The summed E-state index contributed by atoms with van der Waals surface area (Å²) in [5.41, 5.74) is 4.97. The van der Waals surface area contributed by atoms with Crippen LogP contribution in [0.15, 0.2) is 24.3 Å². The highest BCUT2D eigenvalue weighted by molar-refractivity contribution is 5.93. The standard InChI is InChI=1S/C17H21N3O2/c1-12-4-5-13(2)14(10-12)16-11-15(18-19(16)3)17(21)20-6-8-22-9-7-20/h4-5,10-11H,6-9H2,1-3H3.